The molecule has 0 radical (unpaired) electrons. The predicted molar refractivity (Wildman–Crippen MR) is 106 cm³/mol. The second kappa shape index (κ2) is 7.41. The van der Waals surface area contributed by atoms with Crippen LogP contribution in [0, 0.1) is 23.7 Å². The first-order valence-corrected chi connectivity index (χ1v) is 9.29. The van der Waals surface area contributed by atoms with Gasteiger partial charge in [0.2, 0.25) is 0 Å². The maximum absolute atomic E-state index is 12.7. The van der Waals surface area contributed by atoms with E-state index in [0.717, 1.165) is 22.3 Å². The van der Waals surface area contributed by atoms with Crippen molar-refractivity contribution in [2.45, 2.75) is 27.7 Å². The highest BCUT2D eigenvalue weighted by atomic mass is 16.1. The molecule has 0 aromatic heterocycles. The van der Waals surface area contributed by atoms with Crippen LogP contribution in [0.5, 0.6) is 0 Å². The number of ketones is 2. The fourth-order valence-electron chi connectivity index (χ4n) is 4.80. The molecule has 26 heavy (non-hydrogen) atoms. The smallest absolute Gasteiger partial charge is 0.137 e. The quantitative estimate of drug-likeness (QED) is 0.753. The van der Waals surface area contributed by atoms with Gasteiger partial charge in [0, 0.05) is 11.8 Å². The third-order valence-electron chi connectivity index (χ3n) is 5.76. The molecule has 2 aromatic carbocycles. The Balaban J connectivity index is 2.35. The van der Waals surface area contributed by atoms with Crippen molar-refractivity contribution in [2.75, 3.05) is 0 Å². The van der Waals surface area contributed by atoms with Crippen LogP contribution < -0.4 is 0 Å². The molecule has 0 spiro atoms. The highest BCUT2D eigenvalue weighted by Gasteiger charge is 2.44. The Morgan fingerprint density at radius 1 is 0.692 bits per heavy atom. The minimum Gasteiger partial charge on any atom is -0.300 e. The summed E-state index contributed by atoms with van der Waals surface area (Å²) in [5, 5.41) is 0. The van der Waals surface area contributed by atoms with Crippen molar-refractivity contribution in [3.63, 3.8) is 0 Å². The lowest BCUT2D eigenvalue weighted by molar-refractivity contribution is -0.126. The van der Waals surface area contributed by atoms with Crippen molar-refractivity contribution in [1.82, 2.24) is 0 Å². The number of hydrogen-bond acceptors (Lipinski definition) is 2. The summed E-state index contributed by atoms with van der Waals surface area (Å²) in [6.07, 6.45) is 0. The van der Waals surface area contributed by atoms with Gasteiger partial charge in [0.05, 0.1) is 0 Å². The van der Waals surface area contributed by atoms with Gasteiger partial charge in [-0.2, -0.15) is 0 Å². The summed E-state index contributed by atoms with van der Waals surface area (Å²) < 4.78 is 0. The minimum atomic E-state index is -0.266. The van der Waals surface area contributed by atoms with Crippen LogP contribution in [0.25, 0.3) is 11.1 Å². The lowest BCUT2D eigenvalue weighted by Gasteiger charge is -2.42. The molecule has 0 amide bonds. The average Bonchev–Trinajstić information content (AvgIpc) is 2.62. The highest BCUT2D eigenvalue weighted by molar-refractivity contribution is 6.05. The summed E-state index contributed by atoms with van der Waals surface area (Å²) in [7, 11) is 0. The molecule has 134 valence electrons. The summed E-state index contributed by atoms with van der Waals surface area (Å²) in [5.74, 6) is -0.0672. The Kier molecular flexibility index (Phi) is 5.22. The maximum atomic E-state index is 12.7. The van der Waals surface area contributed by atoms with Crippen molar-refractivity contribution in [3.8, 4) is 0 Å². The molecular formula is C24H26O2. The van der Waals surface area contributed by atoms with Crippen LogP contribution in [-0.2, 0) is 9.59 Å². The van der Waals surface area contributed by atoms with Gasteiger partial charge in [-0.3, -0.25) is 9.59 Å². The number of allylic oxidation sites excluding steroid dienone is 2. The Labute approximate surface area is 155 Å². The van der Waals surface area contributed by atoms with Gasteiger partial charge in [-0.05, 0) is 48.0 Å². The van der Waals surface area contributed by atoms with Crippen molar-refractivity contribution in [3.05, 3.63) is 71.8 Å². The first-order chi connectivity index (χ1) is 12.4. The number of rotatable bonds is 4. The van der Waals surface area contributed by atoms with Crippen molar-refractivity contribution in [2.24, 2.45) is 23.7 Å². The van der Waals surface area contributed by atoms with Crippen LogP contribution in [0.15, 0.2) is 60.7 Å². The summed E-state index contributed by atoms with van der Waals surface area (Å²) >= 11 is 0. The van der Waals surface area contributed by atoms with E-state index in [1.54, 1.807) is 13.8 Å². The molecule has 2 nitrogen and oxygen atoms in total. The molecule has 0 heterocycles. The standard InChI is InChI=1S/C24H26O2/c1-15-21(17(3)25)16(2)23(19-11-7-5-8-12-19)24(22(15)18(4)26)20-13-9-6-10-14-20/h5-16,21-22H,1-4H3/t15-,16+,21+,22-/m0/s1. The van der Waals surface area contributed by atoms with Gasteiger partial charge in [-0.15, -0.1) is 0 Å². The van der Waals surface area contributed by atoms with E-state index in [9.17, 15) is 9.59 Å². The zero-order valence-electron chi connectivity index (χ0n) is 15.9. The normalized spacial score (nSPS) is 25.8. The van der Waals surface area contributed by atoms with Crippen molar-refractivity contribution < 1.29 is 9.59 Å². The van der Waals surface area contributed by atoms with E-state index in [1.807, 2.05) is 36.4 Å². The monoisotopic (exact) mass is 346 g/mol. The topological polar surface area (TPSA) is 34.1 Å². The first kappa shape index (κ1) is 18.3. The molecule has 0 saturated carbocycles. The summed E-state index contributed by atoms with van der Waals surface area (Å²) in [6, 6.07) is 20.3. The van der Waals surface area contributed by atoms with Gasteiger partial charge in [-0.25, -0.2) is 0 Å². The largest absolute Gasteiger partial charge is 0.300 e. The first-order valence-electron chi connectivity index (χ1n) is 9.29. The molecule has 2 aromatic rings. The second-order valence-corrected chi connectivity index (χ2v) is 7.43. The second-order valence-electron chi connectivity index (χ2n) is 7.43. The van der Waals surface area contributed by atoms with E-state index in [4.69, 9.17) is 0 Å². The van der Waals surface area contributed by atoms with Gasteiger partial charge < -0.3 is 0 Å². The van der Waals surface area contributed by atoms with Gasteiger partial charge in [0.1, 0.15) is 11.6 Å². The van der Waals surface area contributed by atoms with Crippen LogP contribution in [0.4, 0.5) is 0 Å². The predicted octanol–water partition coefficient (Wildman–Crippen LogP) is 5.29. The van der Waals surface area contributed by atoms with Gasteiger partial charge in [0.15, 0.2) is 0 Å². The molecule has 0 aliphatic heterocycles. The molecule has 0 saturated heterocycles. The van der Waals surface area contributed by atoms with Crippen molar-refractivity contribution in [1.29, 1.82) is 0 Å². The summed E-state index contributed by atoms with van der Waals surface area (Å²) in [4.78, 5) is 25.2. The SMILES string of the molecule is CC(=O)[C@H]1C(c2ccccc2)=C(c2ccccc2)[C@H](C)[C@H](C(C)=O)[C@@H]1C. The van der Waals surface area contributed by atoms with Gasteiger partial charge in [0.25, 0.3) is 0 Å². The fraction of sp³-hybridized carbons (Fsp3) is 0.333. The molecule has 0 fully saturated rings. The molecule has 4 atom stereocenters. The van der Waals surface area contributed by atoms with E-state index in [-0.39, 0.29) is 35.2 Å². The molecule has 1 aliphatic carbocycles. The molecule has 2 heteroatoms. The number of Topliss-reactive ketones (excluding diaryl/α,β-unsaturated/α-hetero) is 2. The van der Waals surface area contributed by atoms with E-state index in [1.165, 1.54) is 0 Å². The van der Waals surface area contributed by atoms with Crippen LogP contribution in [0.2, 0.25) is 0 Å². The number of carbonyl (C=O) groups is 2. The lowest BCUT2D eigenvalue weighted by atomic mass is 9.60. The third kappa shape index (κ3) is 3.16. The Bertz CT molecular complexity index is 833. The molecule has 0 unspecified atom stereocenters. The maximum Gasteiger partial charge on any atom is 0.137 e. The van der Waals surface area contributed by atoms with E-state index < -0.39 is 0 Å². The molecule has 3 rings (SSSR count). The van der Waals surface area contributed by atoms with Crippen LogP contribution in [0.1, 0.15) is 38.8 Å². The van der Waals surface area contributed by atoms with Gasteiger partial charge >= 0.3 is 0 Å². The molecular weight excluding hydrogens is 320 g/mol. The highest BCUT2D eigenvalue weighted by Crippen LogP contribution is 2.50. The minimum absolute atomic E-state index is 0.0114. The lowest BCUT2D eigenvalue weighted by Crippen LogP contribution is -2.39. The van der Waals surface area contributed by atoms with Crippen LogP contribution in [-0.4, -0.2) is 11.6 Å². The Hall–Kier alpha value is -2.48. The zero-order valence-corrected chi connectivity index (χ0v) is 15.9. The number of hydrogen-bond donors (Lipinski definition) is 0. The summed E-state index contributed by atoms with van der Waals surface area (Å²) in [6.45, 7) is 7.49. The van der Waals surface area contributed by atoms with E-state index in [2.05, 4.69) is 38.1 Å². The number of carbonyl (C=O) groups excluding carboxylic acids is 2. The van der Waals surface area contributed by atoms with Crippen LogP contribution in [0.3, 0.4) is 0 Å². The molecule has 0 bridgehead atoms. The Morgan fingerprint density at radius 3 is 1.58 bits per heavy atom. The zero-order chi connectivity index (χ0) is 18.8. The fourth-order valence-corrected chi connectivity index (χ4v) is 4.80. The third-order valence-corrected chi connectivity index (χ3v) is 5.76. The van der Waals surface area contributed by atoms with Gasteiger partial charge in [-0.1, -0.05) is 74.5 Å². The van der Waals surface area contributed by atoms with Crippen molar-refractivity contribution >= 4 is 22.7 Å². The average molecular weight is 346 g/mol. The van der Waals surface area contributed by atoms with E-state index in [0.29, 0.717) is 0 Å². The number of benzene rings is 2. The molecule has 1 aliphatic rings. The van der Waals surface area contributed by atoms with Crippen LogP contribution >= 0.6 is 0 Å². The molecule has 0 N–H and O–H groups in total. The Morgan fingerprint density at radius 2 is 1.15 bits per heavy atom. The van der Waals surface area contributed by atoms with E-state index >= 15 is 0 Å². The summed E-state index contributed by atoms with van der Waals surface area (Å²) in [5.41, 5.74) is 4.40.